The van der Waals surface area contributed by atoms with Crippen molar-refractivity contribution < 1.29 is 14.1 Å². The van der Waals surface area contributed by atoms with Gasteiger partial charge >= 0.3 is 0 Å². The molecule has 2 aromatic carbocycles. The quantitative estimate of drug-likeness (QED) is 0.723. The number of ether oxygens (including phenoxy) is 1. The zero-order chi connectivity index (χ0) is 15.4. The number of anilines is 1. The lowest BCUT2D eigenvalue weighted by atomic mass is 10.1. The number of Topliss-reactive ketones (excluding diaryl/α,β-unsaturated/α-hetero) is 1. The first-order chi connectivity index (χ1) is 10.7. The Morgan fingerprint density at radius 2 is 1.78 bits per heavy atom. The van der Waals surface area contributed by atoms with Crippen molar-refractivity contribution in [2.45, 2.75) is 0 Å². The molecule has 0 bridgehead atoms. The fourth-order valence-corrected chi connectivity index (χ4v) is 2.03. The molecule has 118 valence electrons. The molecule has 23 heavy (non-hydrogen) atoms. The maximum atomic E-state index is 12.0. The Balaban J connectivity index is 0.00000192. The van der Waals surface area contributed by atoms with E-state index in [2.05, 4.69) is 5.16 Å². The van der Waals surface area contributed by atoms with E-state index in [4.69, 9.17) is 15.0 Å². The number of benzene rings is 2. The maximum absolute atomic E-state index is 12.0. The molecule has 2 N–H and O–H groups in total. The predicted octanol–water partition coefficient (Wildman–Crippen LogP) is 3.61. The number of nitrogens with zero attached hydrogens (tertiary/aromatic N) is 1. The average Bonchev–Trinajstić information content (AvgIpc) is 3.00. The number of rotatable bonds is 5. The van der Waals surface area contributed by atoms with Gasteiger partial charge in [-0.1, -0.05) is 35.5 Å². The molecule has 0 aliphatic rings. The van der Waals surface area contributed by atoms with E-state index in [0.29, 0.717) is 22.7 Å². The maximum Gasteiger partial charge on any atom is 0.200 e. The minimum Gasteiger partial charge on any atom is -0.485 e. The van der Waals surface area contributed by atoms with E-state index >= 15 is 0 Å². The van der Waals surface area contributed by atoms with Crippen molar-refractivity contribution in [2.75, 3.05) is 12.3 Å². The van der Waals surface area contributed by atoms with Gasteiger partial charge in [0.05, 0.1) is 0 Å². The van der Waals surface area contributed by atoms with Crippen LogP contribution >= 0.6 is 12.4 Å². The fourth-order valence-electron chi connectivity index (χ4n) is 2.03. The van der Waals surface area contributed by atoms with Crippen molar-refractivity contribution in [1.29, 1.82) is 0 Å². The first kappa shape index (κ1) is 16.6. The Morgan fingerprint density at radius 1 is 1.09 bits per heavy atom. The largest absolute Gasteiger partial charge is 0.485 e. The molecule has 0 amide bonds. The van der Waals surface area contributed by atoms with Gasteiger partial charge in [-0.15, -0.1) is 12.4 Å². The zero-order valence-electron chi connectivity index (χ0n) is 12.1. The molecule has 3 aromatic rings. The molecular formula is C17H15ClN2O3. The molecule has 1 aromatic heterocycles. The minimum absolute atomic E-state index is 0. The molecule has 0 aliphatic heterocycles. The van der Waals surface area contributed by atoms with Crippen molar-refractivity contribution in [2.24, 2.45) is 0 Å². The first-order valence-electron chi connectivity index (χ1n) is 6.75. The lowest BCUT2D eigenvalue weighted by molar-refractivity contribution is 0.0921. The Kier molecular flexibility index (Phi) is 5.38. The van der Waals surface area contributed by atoms with Crippen LogP contribution in [0.15, 0.2) is 65.4 Å². The second-order valence-corrected chi connectivity index (χ2v) is 4.72. The molecule has 6 heteroatoms. The van der Waals surface area contributed by atoms with Crippen LogP contribution < -0.4 is 10.5 Å². The summed E-state index contributed by atoms with van der Waals surface area (Å²) in [5.74, 6) is 0.542. The van der Waals surface area contributed by atoms with Crippen LogP contribution in [0.5, 0.6) is 5.75 Å². The lowest BCUT2D eigenvalue weighted by Gasteiger charge is -2.06. The van der Waals surface area contributed by atoms with Crippen molar-refractivity contribution in [3.63, 3.8) is 0 Å². The summed E-state index contributed by atoms with van der Waals surface area (Å²) in [5.41, 5.74) is 8.27. The van der Waals surface area contributed by atoms with E-state index in [9.17, 15) is 4.79 Å². The number of carbonyl (C=O) groups excluding carboxylic acids is 1. The summed E-state index contributed by atoms with van der Waals surface area (Å²) in [6.07, 6.45) is 1.39. The second kappa shape index (κ2) is 7.47. The van der Waals surface area contributed by atoms with Crippen LogP contribution in [0.3, 0.4) is 0 Å². The SMILES string of the molecule is Cl.Nc1conc1-c1ccc(OCC(=O)c2ccccc2)cc1. The van der Waals surface area contributed by atoms with E-state index in [1.54, 1.807) is 24.3 Å². The zero-order valence-corrected chi connectivity index (χ0v) is 13.0. The van der Waals surface area contributed by atoms with Gasteiger partial charge in [0.25, 0.3) is 0 Å². The molecule has 0 radical (unpaired) electrons. The van der Waals surface area contributed by atoms with Gasteiger partial charge in [-0.05, 0) is 24.3 Å². The van der Waals surface area contributed by atoms with Gasteiger partial charge in [0.2, 0.25) is 0 Å². The third-order valence-corrected chi connectivity index (χ3v) is 3.19. The normalized spacial score (nSPS) is 9.91. The smallest absolute Gasteiger partial charge is 0.200 e. The highest BCUT2D eigenvalue weighted by Gasteiger charge is 2.09. The highest BCUT2D eigenvalue weighted by atomic mass is 35.5. The summed E-state index contributed by atoms with van der Waals surface area (Å²) >= 11 is 0. The van der Waals surface area contributed by atoms with Crippen LogP contribution in [0.2, 0.25) is 0 Å². The van der Waals surface area contributed by atoms with Gasteiger partial charge in [0, 0.05) is 11.1 Å². The van der Waals surface area contributed by atoms with Gasteiger partial charge in [-0.2, -0.15) is 0 Å². The average molecular weight is 331 g/mol. The van der Waals surface area contributed by atoms with Crippen LogP contribution in [-0.4, -0.2) is 17.5 Å². The Labute approximate surface area is 139 Å². The van der Waals surface area contributed by atoms with E-state index < -0.39 is 0 Å². The summed E-state index contributed by atoms with van der Waals surface area (Å²) in [5, 5.41) is 3.83. The number of ketones is 1. The molecule has 3 rings (SSSR count). The molecule has 0 saturated heterocycles. The molecule has 0 saturated carbocycles. The van der Waals surface area contributed by atoms with Gasteiger partial charge in [0.1, 0.15) is 23.4 Å². The summed E-state index contributed by atoms with van der Waals surface area (Å²) < 4.78 is 10.3. The number of hydrogen-bond acceptors (Lipinski definition) is 5. The second-order valence-electron chi connectivity index (χ2n) is 4.72. The fraction of sp³-hybridized carbons (Fsp3) is 0.0588. The van der Waals surface area contributed by atoms with Crippen LogP contribution in [0.4, 0.5) is 5.69 Å². The van der Waals surface area contributed by atoms with Crippen molar-refractivity contribution in [3.8, 4) is 17.0 Å². The third kappa shape index (κ3) is 3.90. The number of nitrogens with two attached hydrogens (primary N) is 1. The minimum atomic E-state index is -0.0644. The molecule has 5 nitrogen and oxygen atoms in total. The van der Waals surface area contributed by atoms with Crippen LogP contribution in [0.1, 0.15) is 10.4 Å². The Hall–Kier alpha value is -2.79. The molecule has 0 aliphatic carbocycles. The number of halogens is 1. The molecule has 0 fully saturated rings. The highest BCUT2D eigenvalue weighted by Crippen LogP contribution is 2.25. The van der Waals surface area contributed by atoms with E-state index in [1.807, 2.05) is 30.3 Å². The number of nitrogen functional groups attached to an aromatic ring is 1. The third-order valence-electron chi connectivity index (χ3n) is 3.19. The lowest BCUT2D eigenvalue weighted by Crippen LogP contribution is -2.11. The number of aromatic nitrogens is 1. The molecule has 1 heterocycles. The van der Waals surface area contributed by atoms with Gasteiger partial charge in [-0.25, -0.2) is 0 Å². The molecule has 0 spiro atoms. The van der Waals surface area contributed by atoms with Crippen LogP contribution in [0.25, 0.3) is 11.3 Å². The van der Waals surface area contributed by atoms with Crippen LogP contribution in [0, 0.1) is 0 Å². The van der Waals surface area contributed by atoms with Gasteiger partial charge in [0.15, 0.2) is 12.4 Å². The van der Waals surface area contributed by atoms with Crippen LogP contribution in [-0.2, 0) is 0 Å². The number of carbonyl (C=O) groups is 1. The topological polar surface area (TPSA) is 78.3 Å². The monoisotopic (exact) mass is 330 g/mol. The first-order valence-corrected chi connectivity index (χ1v) is 6.75. The van der Waals surface area contributed by atoms with E-state index in [0.717, 1.165) is 5.56 Å². The Bertz CT molecular complexity index is 770. The standard InChI is InChI=1S/C17H14N2O3.ClH/c18-15-10-22-19-17(15)13-6-8-14(9-7-13)21-11-16(20)12-4-2-1-3-5-12;/h1-10H,11,18H2;1H. The summed E-state index contributed by atoms with van der Waals surface area (Å²) in [6, 6.07) is 16.2. The molecule has 0 atom stereocenters. The molecule has 0 unspecified atom stereocenters. The Morgan fingerprint density at radius 3 is 2.39 bits per heavy atom. The summed E-state index contributed by atoms with van der Waals surface area (Å²) in [4.78, 5) is 12.0. The van der Waals surface area contributed by atoms with E-state index in [1.165, 1.54) is 6.26 Å². The van der Waals surface area contributed by atoms with Gasteiger partial charge in [-0.3, -0.25) is 4.79 Å². The van der Waals surface area contributed by atoms with Crippen molar-refractivity contribution in [3.05, 3.63) is 66.4 Å². The predicted molar refractivity (Wildman–Crippen MR) is 89.9 cm³/mol. The van der Waals surface area contributed by atoms with Crippen molar-refractivity contribution >= 4 is 23.9 Å². The number of hydrogen-bond donors (Lipinski definition) is 1. The summed E-state index contributed by atoms with van der Waals surface area (Å²) in [7, 11) is 0. The summed E-state index contributed by atoms with van der Waals surface area (Å²) in [6.45, 7) is -0.00450. The highest BCUT2D eigenvalue weighted by molar-refractivity contribution is 5.97. The van der Waals surface area contributed by atoms with Crippen molar-refractivity contribution in [1.82, 2.24) is 5.16 Å². The molecular weight excluding hydrogens is 316 g/mol. The van der Waals surface area contributed by atoms with Gasteiger partial charge < -0.3 is 15.0 Å². The van der Waals surface area contributed by atoms with E-state index in [-0.39, 0.29) is 24.8 Å².